The molecular weight excluding hydrogens is 438 g/mol. The molecule has 4 rings (SSSR count). The summed E-state index contributed by atoms with van der Waals surface area (Å²) in [5.74, 6) is -0.722. The lowest BCUT2D eigenvalue weighted by atomic mass is 10.0. The zero-order valence-electron chi connectivity index (χ0n) is 16.3. The lowest BCUT2D eigenvalue weighted by Gasteiger charge is -2.10. The lowest BCUT2D eigenvalue weighted by molar-refractivity contribution is 0.0706. The van der Waals surface area contributed by atoms with Crippen molar-refractivity contribution in [1.82, 2.24) is 10.0 Å². The maximum atomic E-state index is 12.8. The number of hydroxylamine groups is 1. The van der Waals surface area contributed by atoms with Crippen LogP contribution in [0.15, 0.2) is 77.8 Å². The van der Waals surface area contributed by atoms with E-state index in [0.717, 1.165) is 22.0 Å². The molecule has 9 heteroatoms. The molecule has 0 radical (unpaired) electrons. The number of anilines is 1. The Kier molecular flexibility index (Phi) is 5.45. The molecule has 3 aromatic carbocycles. The van der Waals surface area contributed by atoms with Gasteiger partial charge in [-0.1, -0.05) is 23.7 Å². The zero-order valence-corrected chi connectivity index (χ0v) is 17.9. The van der Waals surface area contributed by atoms with Gasteiger partial charge in [0, 0.05) is 46.0 Å². The average Bonchev–Trinajstić information content (AvgIpc) is 3.09. The molecule has 0 aliphatic rings. The van der Waals surface area contributed by atoms with Gasteiger partial charge < -0.3 is 4.57 Å². The van der Waals surface area contributed by atoms with Gasteiger partial charge in [0.05, 0.1) is 4.90 Å². The van der Waals surface area contributed by atoms with Crippen molar-refractivity contribution in [3.05, 3.63) is 83.5 Å². The summed E-state index contributed by atoms with van der Waals surface area (Å²) in [5.41, 5.74) is 4.85. The lowest BCUT2D eigenvalue weighted by Crippen LogP contribution is -2.19. The summed E-state index contributed by atoms with van der Waals surface area (Å²) < 4.78 is 30.2. The van der Waals surface area contributed by atoms with E-state index in [-0.39, 0.29) is 10.5 Å². The first-order valence-corrected chi connectivity index (χ1v) is 11.1. The quantitative estimate of drug-likeness (QED) is 0.306. The summed E-state index contributed by atoms with van der Waals surface area (Å²) in [6.45, 7) is 0. The predicted molar refractivity (Wildman–Crippen MR) is 120 cm³/mol. The van der Waals surface area contributed by atoms with Crippen molar-refractivity contribution < 1.29 is 18.4 Å². The Bertz CT molecular complexity index is 1400. The molecule has 0 spiro atoms. The fourth-order valence-corrected chi connectivity index (χ4v) is 4.65. The molecule has 0 saturated carbocycles. The van der Waals surface area contributed by atoms with Gasteiger partial charge >= 0.3 is 0 Å². The third kappa shape index (κ3) is 4.13. The van der Waals surface area contributed by atoms with Crippen LogP contribution in [0.3, 0.4) is 0 Å². The second-order valence-electron chi connectivity index (χ2n) is 6.97. The number of nitrogens with zero attached hydrogens (tertiary/aromatic N) is 1. The highest BCUT2D eigenvalue weighted by Crippen LogP contribution is 2.33. The summed E-state index contributed by atoms with van der Waals surface area (Å²) >= 11 is 6.14. The maximum Gasteiger partial charge on any atom is 0.274 e. The van der Waals surface area contributed by atoms with E-state index in [2.05, 4.69) is 4.72 Å². The molecule has 0 aliphatic carbocycles. The van der Waals surface area contributed by atoms with Crippen LogP contribution in [0.2, 0.25) is 5.02 Å². The van der Waals surface area contributed by atoms with Crippen LogP contribution < -0.4 is 10.2 Å². The first-order valence-electron chi connectivity index (χ1n) is 9.21. The number of rotatable bonds is 5. The largest absolute Gasteiger partial charge is 0.350 e. The van der Waals surface area contributed by atoms with Crippen LogP contribution in [0.1, 0.15) is 10.4 Å². The molecule has 4 aromatic rings. The fourth-order valence-electron chi connectivity index (χ4n) is 3.41. The Morgan fingerprint density at radius 1 is 1.03 bits per heavy atom. The molecule has 1 aromatic heterocycles. The van der Waals surface area contributed by atoms with Gasteiger partial charge in [0.25, 0.3) is 15.9 Å². The highest BCUT2D eigenvalue weighted by Gasteiger charge is 2.17. The van der Waals surface area contributed by atoms with Crippen molar-refractivity contribution in [1.29, 1.82) is 0 Å². The van der Waals surface area contributed by atoms with E-state index in [1.807, 2.05) is 42.1 Å². The highest BCUT2D eigenvalue weighted by atomic mass is 35.5. The van der Waals surface area contributed by atoms with Crippen LogP contribution in [0.5, 0.6) is 0 Å². The standard InChI is InChI=1S/C22H18ClN3O4S/c1-26-13-20(15-3-2-4-16(23)11-15)19-12-17(7-10-21(19)26)25-31(29,30)18-8-5-14(6-9-18)22(27)24-28/h2-13,25,28H,1H3,(H,24,27). The average molecular weight is 456 g/mol. The van der Waals surface area contributed by atoms with E-state index in [1.165, 1.54) is 29.7 Å². The second kappa shape index (κ2) is 8.07. The molecule has 0 atom stereocenters. The van der Waals surface area contributed by atoms with Crippen LogP contribution in [-0.2, 0) is 17.1 Å². The van der Waals surface area contributed by atoms with E-state index in [1.54, 1.807) is 18.2 Å². The Morgan fingerprint density at radius 3 is 2.45 bits per heavy atom. The summed E-state index contributed by atoms with van der Waals surface area (Å²) in [5, 5.41) is 10.2. The van der Waals surface area contributed by atoms with Crippen LogP contribution in [0, 0.1) is 0 Å². The smallest absolute Gasteiger partial charge is 0.274 e. The minimum absolute atomic E-state index is 0.00906. The van der Waals surface area contributed by atoms with Crippen molar-refractivity contribution in [2.24, 2.45) is 7.05 Å². The number of sulfonamides is 1. The first-order chi connectivity index (χ1) is 14.8. The Balaban J connectivity index is 1.70. The molecule has 1 heterocycles. The minimum atomic E-state index is -3.88. The van der Waals surface area contributed by atoms with Gasteiger partial charge in [-0.15, -0.1) is 0 Å². The number of aromatic nitrogens is 1. The molecule has 7 nitrogen and oxygen atoms in total. The summed E-state index contributed by atoms with van der Waals surface area (Å²) in [7, 11) is -1.96. The fraction of sp³-hybridized carbons (Fsp3) is 0.0455. The Labute approximate surface area is 183 Å². The van der Waals surface area contributed by atoms with Gasteiger partial charge in [-0.05, 0) is 60.2 Å². The summed E-state index contributed by atoms with van der Waals surface area (Å²) in [4.78, 5) is 11.4. The van der Waals surface area contributed by atoms with Gasteiger partial charge in [0.1, 0.15) is 0 Å². The molecule has 1 amide bonds. The van der Waals surface area contributed by atoms with E-state index in [4.69, 9.17) is 16.8 Å². The van der Waals surface area contributed by atoms with E-state index >= 15 is 0 Å². The van der Waals surface area contributed by atoms with Gasteiger partial charge in [-0.25, -0.2) is 13.9 Å². The monoisotopic (exact) mass is 455 g/mol. The topological polar surface area (TPSA) is 100 Å². The number of carbonyl (C=O) groups excluding carboxylic acids is 1. The number of halogens is 1. The van der Waals surface area contributed by atoms with E-state index < -0.39 is 15.9 Å². The van der Waals surface area contributed by atoms with Crippen LogP contribution in [0.25, 0.3) is 22.0 Å². The Morgan fingerprint density at radius 2 is 1.77 bits per heavy atom. The van der Waals surface area contributed by atoms with Crippen molar-refractivity contribution >= 4 is 44.1 Å². The van der Waals surface area contributed by atoms with Crippen LogP contribution >= 0.6 is 11.6 Å². The number of amides is 1. The molecule has 0 unspecified atom stereocenters. The van der Waals surface area contributed by atoms with Crippen molar-refractivity contribution in [3.8, 4) is 11.1 Å². The van der Waals surface area contributed by atoms with E-state index in [0.29, 0.717) is 10.7 Å². The zero-order chi connectivity index (χ0) is 22.2. The van der Waals surface area contributed by atoms with Crippen molar-refractivity contribution in [2.45, 2.75) is 4.90 Å². The third-order valence-corrected chi connectivity index (χ3v) is 6.54. The minimum Gasteiger partial charge on any atom is -0.350 e. The molecule has 0 fully saturated rings. The van der Waals surface area contributed by atoms with Crippen LogP contribution in [-0.4, -0.2) is 24.1 Å². The number of hydrogen-bond donors (Lipinski definition) is 3. The molecular formula is C22H18ClN3O4S. The SMILES string of the molecule is Cn1cc(-c2cccc(Cl)c2)c2cc(NS(=O)(=O)c3ccc(C(=O)NO)cc3)ccc21. The Hall–Kier alpha value is -3.33. The first kappa shape index (κ1) is 20.9. The molecule has 158 valence electrons. The van der Waals surface area contributed by atoms with Crippen molar-refractivity contribution in [2.75, 3.05) is 4.72 Å². The number of hydrogen-bond acceptors (Lipinski definition) is 4. The van der Waals surface area contributed by atoms with E-state index in [9.17, 15) is 13.2 Å². The third-order valence-electron chi connectivity index (χ3n) is 4.91. The van der Waals surface area contributed by atoms with Gasteiger partial charge in [-0.3, -0.25) is 14.7 Å². The van der Waals surface area contributed by atoms with Gasteiger partial charge in [0.2, 0.25) is 0 Å². The molecule has 3 N–H and O–H groups in total. The summed E-state index contributed by atoms with van der Waals surface area (Å²) in [6.07, 6.45) is 1.97. The van der Waals surface area contributed by atoms with Gasteiger partial charge in [0.15, 0.2) is 0 Å². The maximum absolute atomic E-state index is 12.8. The number of nitrogens with one attached hydrogen (secondary N) is 2. The molecule has 0 bridgehead atoms. The molecule has 31 heavy (non-hydrogen) atoms. The predicted octanol–water partition coefficient (Wildman–Crippen LogP) is 4.42. The molecule has 0 aliphatic heterocycles. The highest BCUT2D eigenvalue weighted by molar-refractivity contribution is 7.92. The normalized spacial score (nSPS) is 11.5. The summed E-state index contributed by atoms with van der Waals surface area (Å²) in [6, 6.07) is 18.0. The van der Waals surface area contributed by atoms with Gasteiger partial charge in [-0.2, -0.15) is 0 Å². The van der Waals surface area contributed by atoms with Crippen molar-refractivity contribution in [3.63, 3.8) is 0 Å². The number of benzene rings is 3. The number of carbonyl (C=O) groups is 1. The number of fused-ring (bicyclic) bond motifs is 1. The van der Waals surface area contributed by atoms with Crippen LogP contribution in [0.4, 0.5) is 5.69 Å². The second-order valence-corrected chi connectivity index (χ2v) is 9.09. The molecule has 0 saturated heterocycles. The number of aryl methyl sites for hydroxylation is 1.